The minimum absolute atomic E-state index is 0.249. The van der Waals surface area contributed by atoms with E-state index >= 15 is 0 Å². The summed E-state index contributed by atoms with van der Waals surface area (Å²) in [5.74, 6) is -0.0696. The van der Waals surface area contributed by atoms with E-state index in [4.69, 9.17) is 10.5 Å². The van der Waals surface area contributed by atoms with E-state index < -0.39 is 5.97 Å². The van der Waals surface area contributed by atoms with Crippen molar-refractivity contribution in [3.05, 3.63) is 45.0 Å². The van der Waals surface area contributed by atoms with Gasteiger partial charge in [0.2, 0.25) is 0 Å². The van der Waals surface area contributed by atoms with E-state index in [0.29, 0.717) is 12.4 Å². The number of halogens is 2. The van der Waals surface area contributed by atoms with Gasteiger partial charge in [0.05, 0.1) is 23.5 Å². The first-order valence-corrected chi connectivity index (χ1v) is 7.75. The highest BCUT2D eigenvalue weighted by Crippen LogP contribution is 2.34. The number of nitrogens with one attached hydrogen (secondary N) is 1. The number of nitrogens with two attached hydrogens (primary N) is 1. The van der Waals surface area contributed by atoms with E-state index in [-0.39, 0.29) is 11.3 Å². The van der Waals surface area contributed by atoms with E-state index in [1.807, 2.05) is 18.2 Å². The Kier molecular flexibility index (Phi) is 5.19. The number of carbonyl (C=O) groups is 1. The zero-order chi connectivity index (χ0) is 15.4. The highest BCUT2D eigenvalue weighted by atomic mass is 79.9. The Morgan fingerprint density at radius 3 is 2.62 bits per heavy atom. The van der Waals surface area contributed by atoms with Gasteiger partial charge in [0.1, 0.15) is 0 Å². The number of hydrogen-bond acceptors (Lipinski definition) is 5. The second kappa shape index (κ2) is 6.91. The first-order chi connectivity index (χ1) is 10.0. The van der Waals surface area contributed by atoms with Crippen molar-refractivity contribution >= 4 is 55.0 Å². The van der Waals surface area contributed by atoms with E-state index in [9.17, 15) is 4.79 Å². The van der Waals surface area contributed by atoms with Gasteiger partial charge in [-0.05, 0) is 57.0 Å². The van der Waals surface area contributed by atoms with Gasteiger partial charge in [0.25, 0.3) is 0 Å². The van der Waals surface area contributed by atoms with Crippen LogP contribution in [-0.2, 0) is 4.74 Å². The fourth-order valence-corrected chi connectivity index (χ4v) is 2.89. The Bertz CT molecular complexity index is 657. The fourth-order valence-electron chi connectivity index (χ4n) is 1.70. The molecule has 3 N–H and O–H groups in total. The standard InChI is InChI=1S/C14H13Br2N3O2/c1-2-21-14(20)8-6-7-18-13(11(8)17)19-12-9(15)4-3-5-10(12)16/h3-7H,2,17H2,1H3,(H,18,19). The van der Waals surface area contributed by atoms with Gasteiger partial charge < -0.3 is 15.8 Å². The Hall–Kier alpha value is -1.60. The van der Waals surface area contributed by atoms with Crippen molar-refractivity contribution in [2.45, 2.75) is 6.92 Å². The van der Waals surface area contributed by atoms with Gasteiger partial charge in [-0.2, -0.15) is 0 Å². The molecule has 0 radical (unpaired) electrons. The molecule has 110 valence electrons. The summed E-state index contributed by atoms with van der Waals surface area (Å²) in [6.07, 6.45) is 1.51. The van der Waals surface area contributed by atoms with E-state index in [2.05, 4.69) is 42.2 Å². The molecule has 1 heterocycles. The number of benzene rings is 1. The molecule has 0 saturated carbocycles. The fraction of sp³-hybridized carbons (Fsp3) is 0.143. The van der Waals surface area contributed by atoms with Crippen molar-refractivity contribution in [2.75, 3.05) is 17.7 Å². The van der Waals surface area contributed by atoms with Crippen molar-refractivity contribution in [3.63, 3.8) is 0 Å². The second-order valence-electron chi connectivity index (χ2n) is 4.06. The van der Waals surface area contributed by atoms with Crippen molar-refractivity contribution in [1.82, 2.24) is 4.98 Å². The predicted octanol–water partition coefficient (Wildman–Crippen LogP) is 4.11. The smallest absolute Gasteiger partial charge is 0.340 e. The van der Waals surface area contributed by atoms with Crippen molar-refractivity contribution in [1.29, 1.82) is 0 Å². The number of nitrogen functional groups attached to an aromatic ring is 1. The Morgan fingerprint density at radius 2 is 2.00 bits per heavy atom. The molecule has 0 aliphatic heterocycles. The van der Waals surface area contributed by atoms with Crippen LogP contribution in [0.4, 0.5) is 17.2 Å². The average molecular weight is 415 g/mol. The van der Waals surface area contributed by atoms with Crippen LogP contribution in [0, 0.1) is 0 Å². The van der Waals surface area contributed by atoms with E-state index in [0.717, 1.165) is 14.6 Å². The summed E-state index contributed by atoms with van der Waals surface area (Å²) in [5, 5.41) is 3.11. The molecule has 21 heavy (non-hydrogen) atoms. The van der Waals surface area contributed by atoms with E-state index in [1.54, 1.807) is 6.92 Å². The molecule has 1 aromatic heterocycles. The van der Waals surface area contributed by atoms with Crippen LogP contribution in [0.25, 0.3) is 0 Å². The van der Waals surface area contributed by atoms with Gasteiger partial charge in [0, 0.05) is 15.1 Å². The van der Waals surface area contributed by atoms with Crippen LogP contribution in [0.1, 0.15) is 17.3 Å². The molecule has 0 unspecified atom stereocenters. The Labute approximate surface area is 139 Å². The molecule has 7 heteroatoms. The average Bonchev–Trinajstić information content (AvgIpc) is 2.45. The van der Waals surface area contributed by atoms with Crippen LogP contribution >= 0.6 is 31.9 Å². The highest BCUT2D eigenvalue weighted by molar-refractivity contribution is 9.11. The quantitative estimate of drug-likeness (QED) is 0.736. The van der Waals surface area contributed by atoms with Gasteiger partial charge in [-0.25, -0.2) is 9.78 Å². The van der Waals surface area contributed by atoms with Crippen LogP contribution in [0.2, 0.25) is 0 Å². The molecule has 2 rings (SSSR count). The Morgan fingerprint density at radius 1 is 1.33 bits per heavy atom. The lowest BCUT2D eigenvalue weighted by Gasteiger charge is -2.13. The van der Waals surface area contributed by atoms with Crippen LogP contribution in [0.3, 0.4) is 0 Å². The van der Waals surface area contributed by atoms with Crippen LogP contribution in [0.15, 0.2) is 39.4 Å². The lowest BCUT2D eigenvalue weighted by Crippen LogP contribution is -2.10. The molecule has 1 aromatic carbocycles. The summed E-state index contributed by atoms with van der Waals surface area (Å²) in [4.78, 5) is 16.0. The molecule has 0 aliphatic rings. The van der Waals surface area contributed by atoms with Gasteiger partial charge in [-0.1, -0.05) is 6.07 Å². The first-order valence-electron chi connectivity index (χ1n) is 6.17. The maximum atomic E-state index is 11.8. The van der Waals surface area contributed by atoms with Crippen LogP contribution in [-0.4, -0.2) is 17.6 Å². The molecule has 0 saturated heterocycles. The summed E-state index contributed by atoms with van der Waals surface area (Å²) in [6, 6.07) is 7.20. The zero-order valence-electron chi connectivity index (χ0n) is 11.2. The van der Waals surface area contributed by atoms with Crippen molar-refractivity contribution in [3.8, 4) is 0 Å². The number of hydrogen-bond donors (Lipinski definition) is 2. The molecule has 0 amide bonds. The topological polar surface area (TPSA) is 77.2 Å². The number of pyridine rings is 1. The molecule has 0 bridgehead atoms. The number of carbonyl (C=O) groups excluding carboxylic acids is 1. The predicted molar refractivity (Wildman–Crippen MR) is 89.7 cm³/mol. The van der Waals surface area contributed by atoms with Gasteiger partial charge in [-0.3, -0.25) is 0 Å². The van der Waals surface area contributed by atoms with Gasteiger partial charge in [-0.15, -0.1) is 0 Å². The minimum atomic E-state index is -0.466. The zero-order valence-corrected chi connectivity index (χ0v) is 14.4. The monoisotopic (exact) mass is 413 g/mol. The number of anilines is 3. The third-order valence-electron chi connectivity index (χ3n) is 2.69. The highest BCUT2D eigenvalue weighted by Gasteiger charge is 2.16. The lowest BCUT2D eigenvalue weighted by atomic mass is 10.2. The third kappa shape index (κ3) is 3.54. The molecule has 0 atom stereocenters. The Balaban J connectivity index is 2.37. The molecule has 0 aliphatic carbocycles. The number of esters is 1. The van der Waals surface area contributed by atoms with E-state index in [1.165, 1.54) is 12.3 Å². The number of aromatic nitrogens is 1. The second-order valence-corrected chi connectivity index (χ2v) is 5.77. The molecule has 2 aromatic rings. The minimum Gasteiger partial charge on any atom is -0.462 e. The van der Waals surface area contributed by atoms with Crippen molar-refractivity contribution < 1.29 is 9.53 Å². The van der Waals surface area contributed by atoms with Gasteiger partial charge >= 0.3 is 5.97 Å². The summed E-state index contributed by atoms with van der Waals surface area (Å²) in [7, 11) is 0. The number of ether oxygens (including phenoxy) is 1. The maximum absolute atomic E-state index is 11.8. The molecule has 5 nitrogen and oxygen atoms in total. The number of nitrogens with zero attached hydrogens (tertiary/aromatic N) is 1. The number of rotatable bonds is 4. The summed E-state index contributed by atoms with van der Waals surface area (Å²) >= 11 is 6.90. The summed E-state index contributed by atoms with van der Waals surface area (Å²) < 4.78 is 6.66. The molecule has 0 spiro atoms. The number of para-hydroxylation sites is 1. The first kappa shape index (κ1) is 15.8. The summed E-state index contributed by atoms with van der Waals surface area (Å²) in [5.41, 5.74) is 7.32. The summed E-state index contributed by atoms with van der Waals surface area (Å²) in [6.45, 7) is 2.03. The third-order valence-corrected chi connectivity index (χ3v) is 4.01. The van der Waals surface area contributed by atoms with Gasteiger partial charge in [0.15, 0.2) is 5.82 Å². The lowest BCUT2D eigenvalue weighted by molar-refractivity contribution is 0.0527. The molecular formula is C14H13Br2N3O2. The van der Waals surface area contributed by atoms with Crippen molar-refractivity contribution in [2.24, 2.45) is 0 Å². The molecule has 0 fully saturated rings. The SMILES string of the molecule is CCOC(=O)c1ccnc(Nc2c(Br)cccc2Br)c1N. The molecular weight excluding hydrogens is 402 g/mol. The maximum Gasteiger partial charge on any atom is 0.340 e. The van der Waals surface area contributed by atoms with Crippen LogP contribution < -0.4 is 11.1 Å². The van der Waals surface area contributed by atoms with Crippen LogP contribution in [0.5, 0.6) is 0 Å². The largest absolute Gasteiger partial charge is 0.462 e. The normalized spacial score (nSPS) is 10.2.